The summed E-state index contributed by atoms with van der Waals surface area (Å²) < 4.78 is 5.48. The zero-order valence-electron chi connectivity index (χ0n) is 17.8. The van der Waals surface area contributed by atoms with Gasteiger partial charge in [-0.15, -0.1) is 0 Å². The number of rotatable bonds is 6. The van der Waals surface area contributed by atoms with Crippen molar-refractivity contribution in [1.29, 1.82) is 5.26 Å². The molecule has 4 aliphatic carbocycles. The SMILES string of the molecule is N#Cc1cnc(Cl)nc1NC[C@]12CC3C[C@H](C1)[C@@H](NC(=O)OCc1ccccc1)[C@@H](C3)C2. The number of alkyl carbamates (subject to hydrolysis) is 1. The van der Waals surface area contributed by atoms with E-state index in [2.05, 4.69) is 26.7 Å². The Morgan fingerprint density at radius 2 is 1.97 bits per heavy atom. The summed E-state index contributed by atoms with van der Waals surface area (Å²) in [5.74, 6) is 2.10. The normalized spacial score (nSPS) is 29.9. The van der Waals surface area contributed by atoms with Crippen molar-refractivity contribution >= 4 is 23.5 Å². The lowest BCUT2D eigenvalue weighted by Crippen LogP contribution is -2.60. The molecular weight excluding hydrogens is 426 g/mol. The number of hydrogen-bond donors (Lipinski definition) is 2. The Bertz CT molecular complexity index is 1020. The van der Waals surface area contributed by atoms with Gasteiger partial charge in [-0.3, -0.25) is 0 Å². The van der Waals surface area contributed by atoms with Gasteiger partial charge in [0.05, 0.1) is 6.20 Å². The maximum Gasteiger partial charge on any atom is 0.407 e. The molecule has 4 bridgehead atoms. The van der Waals surface area contributed by atoms with E-state index in [1.807, 2.05) is 30.3 Å². The lowest BCUT2D eigenvalue weighted by molar-refractivity contribution is -0.0683. The van der Waals surface area contributed by atoms with Gasteiger partial charge >= 0.3 is 6.09 Å². The highest BCUT2D eigenvalue weighted by atomic mass is 35.5. The molecule has 0 spiro atoms. The minimum Gasteiger partial charge on any atom is -0.445 e. The lowest BCUT2D eigenvalue weighted by atomic mass is 9.48. The molecule has 1 unspecified atom stereocenters. The van der Waals surface area contributed by atoms with Crippen LogP contribution in [-0.4, -0.2) is 28.6 Å². The molecule has 166 valence electrons. The molecule has 4 aliphatic rings. The Morgan fingerprint density at radius 1 is 1.22 bits per heavy atom. The number of carbonyl (C=O) groups excluding carboxylic acids is 1. The van der Waals surface area contributed by atoms with E-state index in [0.29, 0.717) is 29.1 Å². The second-order valence-electron chi connectivity index (χ2n) is 9.57. The first-order valence-corrected chi connectivity index (χ1v) is 11.6. The second-order valence-corrected chi connectivity index (χ2v) is 9.91. The third-order valence-electron chi connectivity index (χ3n) is 7.41. The van der Waals surface area contributed by atoms with E-state index in [0.717, 1.165) is 37.8 Å². The Labute approximate surface area is 192 Å². The van der Waals surface area contributed by atoms with Crippen LogP contribution in [0.1, 0.15) is 43.2 Å². The Morgan fingerprint density at radius 3 is 2.69 bits per heavy atom. The van der Waals surface area contributed by atoms with Crippen LogP contribution >= 0.6 is 11.6 Å². The topological polar surface area (TPSA) is 99.9 Å². The fraction of sp³-hybridized carbons (Fsp3) is 0.500. The largest absolute Gasteiger partial charge is 0.445 e. The summed E-state index contributed by atoms with van der Waals surface area (Å²) in [5.41, 5.74) is 1.55. The fourth-order valence-corrected chi connectivity index (χ4v) is 6.53. The number of amides is 1. The van der Waals surface area contributed by atoms with Crippen LogP contribution in [0.15, 0.2) is 36.5 Å². The number of nitrogens with one attached hydrogen (secondary N) is 2. The van der Waals surface area contributed by atoms with Crippen LogP contribution in [0.2, 0.25) is 5.28 Å². The van der Waals surface area contributed by atoms with Gasteiger partial charge in [-0.2, -0.15) is 10.2 Å². The van der Waals surface area contributed by atoms with Crippen molar-refractivity contribution in [3.8, 4) is 6.07 Å². The Balaban J connectivity index is 1.21. The fourth-order valence-electron chi connectivity index (χ4n) is 6.39. The van der Waals surface area contributed by atoms with Crippen LogP contribution in [0.25, 0.3) is 0 Å². The summed E-state index contributed by atoms with van der Waals surface area (Å²) in [6.45, 7) is 1.04. The minimum atomic E-state index is -0.326. The second kappa shape index (κ2) is 8.59. The highest BCUT2D eigenvalue weighted by Crippen LogP contribution is 2.60. The minimum absolute atomic E-state index is 0.135. The third kappa shape index (κ3) is 4.24. The third-order valence-corrected chi connectivity index (χ3v) is 7.59. The molecule has 1 aromatic heterocycles. The number of hydrogen-bond acceptors (Lipinski definition) is 6. The van der Waals surface area contributed by atoms with E-state index < -0.39 is 0 Å². The zero-order valence-corrected chi connectivity index (χ0v) is 18.5. The van der Waals surface area contributed by atoms with Crippen LogP contribution in [-0.2, 0) is 11.3 Å². The monoisotopic (exact) mass is 451 g/mol. The first kappa shape index (κ1) is 21.0. The molecule has 8 heteroatoms. The summed E-state index contributed by atoms with van der Waals surface area (Å²) in [5, 5.41) is 16.0. The van der Waals surface area contributed by atoms with Crippen LogP contribution < -0.4 is 10.6 Å². The number of carbonyl (C=O) groups is 1. The van der Waals surface area contributed by atoms with Gasteiger partial charge in [0.15, 0.2) is 0 Å². The van der Waals surface area contributed by atoms with E-state index in [-0.39, 0.29) is 29.4 Å². The number of nitriles is 1. The number of ether oxygens (including phenoxy) is 1. The van der Waals surface area contributed by atoms with Gasteiger partial charge in [0.25, 0.3) is 0 Å². The Hall–Kier alpha value is -2.85. The van der Waals surface area contributed by atoms with E-state index >= 15 is 0 Å². The molecule has 2 N–H and O–H groups in total. The predicted molar refractivity (Wildman–Crippen MR) is 120 cm³/mol. The molecule has 32 heavy (non-hydrogen) atoms. The predicted octanol–water partition coefficient (Wildman–Crippen LogP) is 4.53. The molecule has 1 amide bonds. The molecule has 1 heterocycles. The molecule has 0 saturated heterocycles. The van der Waals surface area contributed by atoms with Crippen molar-refractivity contribution in [3.63, 3.8) is 0 Å². The van der Waals surface area contributed by atoms with Gasteiger partial charge in [-0.05, 0) is 72.4 Å². The number of halogens is 1. The first-order chi connectivity index (χ1) is 15.5. The van der Waals surface area contributed by atoms with Crippen LogP contribution in [0.5, 0.6) is 0 Å². The molecule has 6 rings (SSSR count). The summed E-state index contributed by atoms with van der Waals surface area (Å²) in [7, 11) is 0. The molecule has 4 fully saturated rings. The molecule has 2 aromatic rings. The Kier molecular flexibility index (Phi) is 5.64. The van der Waals surface area contributed by atoms with Crippen molar-refractivity contribution < 1.29 is 9.53 Å². The van der Waals surface area contributed by atoms with Gasteiger partial charge in [0.2, 0.25) is 5.28 Å². The van der Waals surface area contributed by atoms with Crippen LogP contribution in [0.4, 0.5) is 10.6 Å². The summed E-state index contributed by atoms with van der Waals surface area (Å²) >= 11 is 5.94. The maximum absolute atomic E-state index is 12.5. The molecule has 0 aliphatic heterocycles. The highest BCUT2D eigenvalue weighted by molar-refractivity contribution is 6.28. The van der Waals surface area contributed by atoms with Crippen molar-refractivity contribution in [2.24, 2.45) is 23.2 Å². The van der Waals surface area contributed by atoms with E-state index in [1.165, 1.54) is 12.6 Å². The lowest BCUT2D eigenvalue weighted by Gasteiger charge is -2.60. The molecule has 0 radical (unpaired) electrons. The molecule has 7 nitrogen and oxygen atoms in total. The van der Waals surface area contributed by atoms with Gasteiger partial charge in [0.1, 0.15) is 24.1 Å². The van der Waals surface area contributed by atoms with Crippen LogP contribution in [0, 0.1) is 34.5 Å². The van der Waals surface area contributed by atoms with E-state index in [9.17, 15) is 10.1 Å². The molecule has 1 aromatic carbocycles. The molecule has 4 saturated carbocycles. The zero-order chi connectivity index (χ0) is 22.1. The van der Waals surface area contributed by atoms with Crippen molar-refractivity contribution in [1.82, 2.24) is 15.3 Å². The maximum atomic E-state index is 12.5. The summed E-state index contributed by atoms with van der Waals surface area (Å²) in [6.07, 6.45) is 6.73. The average Bonchev–Trinajstić information content (AvgIpc) is 2.79. The van der Waals surface area contributed by atoms with E-state index in [4.69, 9.17) is 16.3 Å². The summed E-state index contributed by atoms with van der Waals surface area (Å²) in [6, 6.07) is 12.0. The van der Waals surface area contributed by atoms with Crippen molar-refractivity contribution in [3.05, 3.63) is 52.9 Å². The van der Waals surface area contributed by atoms with Gasteiger partial charge in [0, 0.05) is 12.6 Å². The number of benzene rings is 1. The van der Waals surface area contributed by atoms with Gasteiger partial charge < -0.3 is 15.4 Å². The van der Waals surface area contributed by atoms with Crippen molar-refractivity contribution in [2.45, 2.75) is 44.8 Å². The molecular formula is C24H26ClN5O2. The summed E-state index contributed by atoms with van der Waals surface area (Å²) in [4.78, 5) is 20.6. The first-order valence-electron chi connectivity index (χ1n) is 11.2. The van der Waals surface area contributed by atoms with E-state index in [1.54, 1.807) is 0 Å². The van der Waals surface area contributed by atoms with Gasteiger partial charge in [-0.25, -0.2) is 9.78 Å². The molecule has 5 atom stereocenters. The quantitative estimate of drug-likeness (QED) is 0.625. The smallest absolute Gasteiger partial charge is 0.407 e. The standard InChI is InChI=1S/C24H26ClN5O2/c25-22-27-12-19(11-26)21(30-22)28-14-24-8-16-6-17(9-24)20(18(7-16)10-24)29-23(31)32-13-15-4-2-1-3-5-15/h1-5,12,16-18,20H,6-10,13-14H2,(H,29,31)(H,27,28,30)/t16?,17-,18+,20-,24-. The number of aromatic nitrogens is 2. The van der Waals surface area contributed by atoms with Crippen LogP contribution in [0.3, 0.4) is 0 Å². The number of anilines is 1. The average molecular weight is 452 g/mol. The highest BCUT2D eigenvalue weighted by Gasteiger charge is 2.55. The van der Waals surface area contributed by atoms with Crippen molar-refractivity contribution in [2.75, 3.05) is 11.9 Å². The van der Waals surface area contributed by atoms with Gasteiger partial charge in [-0.1, -0.05) is 30.3 Å². The number of nitrogens with zero attached hydrogens (tertiary/aromatic N) is 3.